The van der Waals surface area contributed by atoms with Gasteiger partial charge in [0.2, 0.25) is 0 Å². The second-order valence-electron chi connectivity index (χ2n) is 5.36. The number of halogens is 1. The molecule has 3 rings (SSSR count). The second-order valence-corrected chi connectivity index (χ2v) is 7.45. The molecule has 0 spiro atoms. The van der Waals surface area contributed by atoms with Crippen LogP contribution in [0.4, 0.5) is 11.6 Å². The molecule has 0 bridgehead atoms. The number of benzene rings is 1. The molecule has 2 heterocycles. The van der Waals surface area contributed by atoms with Gasteiger partial charge in [-0.05, 0) is 30.7 Å². The average Bonchev–Trinajstić information content (AvgIpc) is 2.57. The lowest BCUT2D eigenvalue weighted by molar-refractivity contribution is 0.601. The van der Waals surface area contributed by atoms with Crippen LogP contribution in [0.15, 0.2) is 59.6 Å². The summed E-state index contributed by atoms with van der Waals surface area (Å²) in [5, 5.41) is 0.436. The van der Waals surface area contributed by atoms with Crippen molar-refractivity contribution >= 4 is 33.3 Å². The SMILES string of the molecule is Cc1ccccc1-c1nc(NS(=O)(=O)c2ccnc(N)c2)ccc1Cl. The third-order valence-electron chi connectivity index (χ3n) is 3.55. The summed E-state index contributed by atoms with van der Waals surface area (Å²) in [5.41, 5.74) is 7.88. The van der Waals surface area contributed by atoms with Crippen molar-refractivity contribution in [3.63, 3.8) is 0 Å². The largest absolute Gasteiger partial charge is 0.384 e. The van der Waals surface area contributed by atoms with Crippen molar-refractivity contribution in [2.75, 3.05) is 10.5 Å². The maximum atomic E-state index is 12.5. The maximum absolute atomic E-state index is 12.5. The van der Waals surface area contributed by atoms with Crippen molar-refractivity contribution in [3.05, 3.63) is 65.3 Å². The van der Waals surface area contributed by atoms with Crippen molar-refractivity contribution in [3.8, 4) is 11.3 Å². The summed E-state index contributed by atoms with van der Waals surface area (Å²) in [6, 6.07) is 13.3. The molecule has 2 aromatic heterocycles. The van der Waals surface area contributed by atoms with Gasteiger partial charge in [-0.3, -0.25) is 4.72 Å². The minimum atomic E-state index is -3.83. The summed E-state index contributed by atoms with van der Waals surface area (Å²) >= 11 is 6.25. The van der Waals surface area contributed by atoms with Gasteiger partial charge in [0, 0.05) is 17.8 Å². The number of sulfonamides is 1. The first-order chi connectivity index (χ1) is 11.9. The van der Waals surface area contributed by atoms with Crippen LogP contribution >= 0.6 is 11.6 Å². The highest BCUT2D eigenvalue weighted by Gasteiger charge is 2.17. The van der Waals surface area contributed by atoms with Gasteiger partial charge in [0.15, 0.2) is 0 Å². The lowest BCUT2D eigenvalue weighted by Crippen LogP contribution is -2.14. The number of aryl methyl sites for hydroxylation is 1. The number of nitrogen functional groups attached to an aromatic ring is 1. The first-order valence-corrected chi connectivity index (χ1v) is 9.20. The molecule has 0 saturated carbocycles. The van der Waals surface area contributed by atoms with E-state index in [2.05, 4.69) is 14.7 Å². The lowest BCUT2D eigenvalue weighted by Gasteiger charge is -2.11. The van der Waals surface area contributed by atoms with Gasteiger partial charge in [0.25, 0.3) is 10.0 Å². The van der Waals surface area contributed by atoms with E-state index >= 15 is 0 Å². The third kappa shape index (κ3) is 3.72. The van der Waals surface area contributed by atoms with Gasteiger partial charge in [0.1, 0.15) is 11.6 Å². The van der Waals surface area contributed by atoms with Crippen LogP contribution in [-0.4, -0.2) is 18.4 Å². The van der Waals surface area contributed by atoms with E-state index in [0.29, 0.717) is 10.7 Å². The molecule has 0 saturated heterocycles. The van der Waals surface area contributed by atoms with Gasteiger partial charge in [0.05, 0.1) is 15.6 Å². The zero-order valence-corrected chi connectivity index (χ0v) is 14.8. The van der Waals surface area contributed by atoms with E-state index in [1.54, 1.807) is 6.07 Å². The van der Waals surface area contributed by atoms with Crippen LogP contribution in [0.5, 0.6) is 0 Å². The predicted molar refractivity (Wildman–Crippen MR) is 98.9 cm³/mol. The standard InChI is InChI=1S/C17H15ClN4O2S/c1-11-4-2-3-5-13(11)17-14(18)6-7-16(21-17)22-25(23,24)12-8-9-20-15(19)10-12/h2-10H,1H3,(H2,19,20)(H,21,22). The van der Waals surface area contributed by atoms with E-state index in [1.165, 1.54) is 24.4 Å². The molecule has 0 unspecified atom stereocenters. The number of nitrogens with one attached hydrogen (secondary N) is 1. The highest BCUT2D eigenvalue weighted by atomic mass is 35.5. The molecule has 0 aliphatic rings. The Bertz CT molecular complexity index is 1040. The van der Waals surface area contributed by atoms with Crippen molar-refractivity contribution in [1.82, 2.24) is 9.97 Å². The molecule has 0 amide bonds. The molecule has 8 heteroatoms. The zero-order chi connectivity index (χ0) is 18.0. The number of anilines is 2. The molecular weight excluding hydrogens is 360 g/mol. The van der Waals surface area contributed by atoms with Gasteiger partial charge in [-0.2, -0.15) is 0 Å². The fraction of sp³-hybridized carbons (Fsp3) is 0.0588. The summed E-state index contributed by atoms with van der Waals surface area (Å²) in [4.78, 5) is 8.16. The molecule has 128 valence electrons. The minimum Gasteiger partial charge on any atom is -0.384 e. The van der Waals surface area contributed by atoms with E-state index in [4.69, 9.17) is 17.3 Å². The van der Waals surface area contributed by atoms with E-state index in [-0.39, 0.29) is 16.5 Å². The number of hydrogen-bond acceptors (Lipinski definition) is 5. The fourth-order valence-electron chi connectivity index (χ4n) is 2.32. The molecule has 0 aliphatic heterocycles. The smallest absolute Gasteiger partial charge is 0.263 e. The lowest BCUT2D eigenvalue weighted by atomic mass is 10.1. The number of nitrogens with two attached hydrogens (primary N) is 1. The van der Waals surface area contributed by atoms with Crippen molar-refractivity contribution in [1.29, 1.82) is 0 Å². The fourth-order valence-corrected chi connectivity index (χ4v) is 3.55. The molecule has 0 fully saturated rings. The van der Waals surface area contributed by atoms with E-state index in [9.17, 15) is 8.42 Å². The Morgan fingerprint density at radius 1 is 1.12 bits per heavy atom. The molecule has 6 nitrogen and oxygen atoms in total. The summed E-state index contributed by atoms with van der Waals surface area (Å²) in [6.45, 7) is 1.93. The highest BCUT2D eigenvalue weighted by molar-refractivity contribution is 7.92. The number of nitrogens with zero attached hydrogens (tertiary/aromatic N) is 2. The van der Waals surface area contributed by atoms with Crippen molar-refractivity contribution in [2.24, 2.45) is 0 Å². The molecule has 1 aromatic carbocycles. The average molecular weight is 375 g/mol. The molecule has 3 N–H and O–H groups in total. The maximum Gasteiger partial charge on any atom is 0.263 e. The zero-order valence-electron chi connectivity index (χ0n) is 13.3. The molecular formula is C17H15ClN4O2S. The monoisotopic (exact) mass is 374 g/mol. The summed E-state index contributed by atoms with van der Waals surface area (Å²) in [5.74, 6) is 0.283. The summed E-state index contributed by atoms with van der Waals surface area (Å²) < 4.78 is 27.4. The van der Waals surface area contributed by atoms with Gasteiger partial charge >= 0.3 is 0 Å². The Balaban J connectivity index is 2.00. The van der Waals surface area contributed by atoms with E-state index < -0.39 is 10.0 Å². The molecule has 0 radical (unpaired) electrons. The Hall–Kier alpha value is -2.64. The van der Waals surface area contributed by atoms with Crippen molar-refractivity contribution in [2.45, 2.75) is 11.8 Å². The number of rotatable bonds is 4. The number of hydrogen-bond donors (Lipinski definition) is 2. The van der Waals surface area contributed by atoms with Gasteiger partial charge in [-0.1, -0.05) is 35.9 Å². The quantitative estimate of drug-likeness (QED) is 0.728. The second kappa shape index (κ2) is 6.70. The molecule has 0 atom stereocenters. The predicted octanol–water partition coefficient (Wildman–Crippen LogP) is 3.49. The van der Waals surface area contributed by atoms with Gasteiger partial charge in [-0.15, -0.1) is 0 Å². The summed E-state index contributed by atoms with van der Waals surface area (Å²) in [6.07, 6.45) is 1.33. The van der Waals surface area contributed by atoms with Gasteiger partial charge in [-0.25, -0.2) is 18.4 Å². The Kier molecular flexibility index (Phi) is 4.61. The van der Waals surface area contributed by atoms with E-state index in [0.717, 1.165) is 11.1 Å². The normalized spacial score (nSPS) is 11.3. The van der Waals surface area contributed by atoms with Gasteiger partial charge < -0.3 is 5.73 Å². The Morgan fingerprint density at radius 3 is 2.60 bits per heavy atom. The van der Waals surface area contributed by atoms with Crippen LogP contribution in [0.2, 0.25) is 5.02 Å². The highest BCUT2D eigenvalue weighted by Crippen LogP contribution is 2.30. The van der Waals surface area contributed by atoms with Crippen LogP contribution < -0.4 is 10.5 Å². The first-order valence-electron chi connectivity index (χ1n) is 7.34. The van der Waals surface area contributed by atoms with Crippen LogP contribution in [0.25, 0.3) is 11.3 Å². The number of pyridine rings is 2. The Morgan fingerprint density at radius 2 is 1.88 bits per heavy atom. The van der Waals surface area contributed by atoms with Crippen LogP contribution in [0, 0.1) is 6.92 Å². The number of aromatic nitrogens is 2. The first kappa shape index (κ1) is 17.2. The summed E-state index contributed by atoms with van der Waals surface area (Å²) in [7, 11) is -3.83. The third-order valence-corrected chi connectivity index (χ3v) is 5.21. The van der Waals surface area contributed by atoms with Crippen molar-refractivity contribution < 1.29 is 8.42 Å². The Labute approximate surface area is 150 Å². The molecule has 25 heavy (non-hydrogen) atoms. The van der Waals surface area contributed by atoms with Crippen LogP contribution in [-0.2, 0) is 10.0 Å². The molecule has 3 aromatic rings. The van der Waals surface area contributed by atoms with Crippen LogP contribution in [0.1, 0.15) is 5.56 Å². The van der Waals surface area contributed by atoms with E-state index in [1.807, 2.05) is 31.2 Å². The van der Waals surface area contributed by atoms with Crippen LogP contribution in [0.3, 0.4) is 0 Å². The minimum absolute atomic E-state index is 0.00851. The molecule has 0 aliphatic carbocycles. The topological polar surface area (TPSA) is 98.0 Å².